The van der Waals surface area contributed by atoms with Crippen LogP contribution >= 0.6 is 0 Å². The second-order valence-corrected chi connectivity index (χ2v) is 6.51. The Kier molecular flexibility index (Phi) is 4.23. The molecule has 1 amide bonds. The molecule has 9 heteroatoms. The Morgan fingerprint density at radius 1 is 1.41 bits per heavy atom. The van der Waals surface area contributed by atoms with Crippen LogP contribution < -0.4 is 10.1 Å². The SMILES string of the molecule is CN1C(=N)NC2(c3cc(Oc4ncccn4)ccc3F)COCCC2C1=O. The van der Waals surface area contributed by atoms with Gasteiger partial charge in [0.25, 0.3) is 0 Å². The van der Waals surface area contributed by atoms with Crippen LogP contribution in [0.3, 0.4) is 0 Å². The van der Waals surface area contributed by atoms with E-state index in [-0.39, 0.29) is 30.0 Å². The molecule has 140 valence electrons. The molecule has 2 atom stereocenters. The van der Waals surface area contributed by atoms with Gasteiger partial charge in [0.2, 0.25) is 5.91 Å². The van der Waals surface area contributed by atoms with Gasteiger partial charge in [-0.15, -0.1) is 0 Å². The fraction of sp³-hybridized carbons (Fsp3) is 0.333. The monoisotopic (exact) mass is 371 g/mol. The van der Waals surface area contributed by atoms with Gasteiger partial charge in [0.05, 0.1) is 12.5 Å². The van der Waals surface area contributed by atoms with Gasteiger partial charge in [0, 0.05) is 31.6 Å². The number of benzene rings is 1. The van der Waals surface area contributed by atoms with E-state index < -0.39 is 17.3 Å². The summed E-state index contributed by atoms with van der Waals surface area (Å²) in [6.45, 7) is 0.471. The number of hydrogen-bond acceptors (Lipinski definition) is 6. The van der Waals surface area contributed by atoms with Crippen molar-refractivity contribution in [3.63, 3.8) is 0 Å². The topological polar surface area (TPSA) is 100 Å². The lowest BCUT2D eigenvalue weighted by atomic mass is 9.73. The van der Waals surface area contributed by atoms with Crippen molar-refractivity contribution in [3.8, 4) is 11.8 Å². The van der Waals surface area contributed by atoms with Crippen molar-refractivity contribution < 1.29 is 18.7 Å². The molecule has 2 aliphatic heterocycles. The van der Waals surface area contributed by atoms with E-state index in [0.717, 1.165) is 0 Å². The number of carbonyl (C=O) groups is 1. The Labute approximate surface area is 154 Å². The molecule has 2 aromatic rings. The van der Waals surface area contributed by atoms with Gasteiger partial charge in [-0.2, -0.15) is 0 Å². The summed E-state index contributed by atoms with van der Waals surface area (Å²) in [6, 6.07) is 6.02. The average molecular weight is 371 g/mol. The number of halogens is 1. The summed E-state index contributed by atoms with van der Waals surface area (Å²) in [6.07, 6.45) is 3.50. The third-order valence-corrected chi connectivity index (χ3v) is 4.95. The number of guanidine groups is 1. The van der Waals surface area contributed by atoms with E-state index >= 15 is 0 Å². The normalized spacial score (nSPS) is 25.0. The van der Waals surface area contributed by atoms with E-state index in [1.807, 2.05) is 0 Å². The molecule has 27 heavy (non-hydrogen) atoms. The van der Waals surface area contributed by atoms with Crippen LogP contribution in [0.5, 0.6) is 11.8 Å². The van der Waals surface area contributed by atoms with Gasteiger partial charge in [-0.25, -0.2) is 14.4 Å². The quantitative estimate of drug-likeness (QED) is 0.851. The van der Waals surface area contributed by atoms with Crippen molar-refractivity contribution in [1.82, 2.24) is 20.2 Å². The first-order chi connectivity index (χ1) is 13.0. The van der Waals surface area contributed by atoms with Crippen LogP contribution in [0.2, 0.25) is 0 Å². The molecule has 2 N–H and O–H groups in total. The minimum absolute atomic E-state index is 0.0713. The maximum Gasteiger partial charge on any atom is 0.321 e. The molecule has 2 saturated heterocycles. The summed E-state index contributed by atoms with van der Waals surface area (Å²) in [5.41, 5.74) is -0.952. The fourth-order valence-electron chi connectivity index (χ4n) is 3.56. The Hall–Kier alpha value is -3.07. The summed E-state index contributed by atoms with van der Waals surface area (Å²) in [5, 5.41) is 11.1. The zero-order valence-corrected chi connectivity index (χ0v) is 14.6. The van der Waals surface area contributed by atoms with Gasteiger partial charge in [-0.3, -0.25) is 15.1 Å². The number of fused-ring (bicyclic) bond motifs is 1. The standard InChI is InChI=1S/C18H18FN5O3/c1-24-15(25)12-5-8-26-10-18(12,23-16(24)20)13-9-11(3-4-14(13)19)27-17-21-6-2-7-22-17/h2-4,6-7,9,12H,5,8,10H2,1H3,(H2,20,23). The number of carbonyl (C=O) groups excluding carboxylic acids is 1. The first kappa shape index (κ1) is 17.3. The molecule has 1 aromatic heterocycles. The van der Waals surface area contributed by atoms with Crippen LogP contribution in [0.1, 0.15) is 12.0 Å². The Morgan fingerprint density at radius 2 is 2.19 bits per heavy atom. The lowest BCUT2D eigenvalue weighted by Gasteiger charge is -2.49. The smallest absolute Gasteiger partial charge is 0.321 e. The van der Waals surface area contributed by atoms with Gasteiger partial charge < -0.3 is 14.8 Å². The Morgan fingerprint density at radius 3 is 2.96 bits per heavy atom. The van der Waals surface area contributed by atoms with E-state index in [9.17, 15) is 9.18 Å². The maximum atomic E-state index is 14.8. The Balaban J connectivity index is 1.77. The van der Waals surface area contributed by atoms with E-state index in [2.05, 4.69) is 15.3 Å². The summed E-state index contributed by atoms with van der Waals surface area (Å²) in [5.74, 6) is -1.07. The summed E-state index contributed by atoms with van der Waals surface area (Å²) < 4.78 is 26.0. The van der Waals surface area contributed by atoms with Gasteiger partial charge >= 0.3 is 6.01 Å². The molecule has 3 heterocycles. The van der Waals surface area contributed by atoms with Crippen LogP contribution in [-0.2, 0) is 15.1 Å². The molecule has 4 rings (SSSR count). The number of aromatic nitrogens is 2. The van der Waals surface area contributed by atoms with Crippen LogP contribution in [0.25, 0.3) is 0 Å². The highest BCUT2D eigenvalue weighted by atomic mass is 19.1. The highest BCUT2D eigenvalue weighted by Crippen LogP contribution is 2.41. The van der Waals surface area contributed by atoms with Crippen molar-refractivity contribution in [1.29, 1.82) is 5.41 Å². The number of hydrogen-bond donors (Lipinski definition) is 2. The van der Waals surface area contributed by atoms with Crippen molar-refractivity contribution >= 4 is 11.9 Å². The summed E-state index contributed by atoms with van der Waals surface area (Å²) in [7, 11) is 1.53. The van der Waals surface area contributed by atoms with Crippen LogP contribution in [0.4, 0.5) is 4.39 Å². The average Bonchev–Trinajstić information content (AvgIpc) is 2.68. The van der Waals surface area contributed by atoms with E-state index in [1.165, 1.54) is 42.5 Å². The van der Waals surface area contributed by atoms with Crippen molar-refractivity contribution in [2.24, 2.45) is 5.92 Å². The Bertz CT molecular complexity index is 894. The van der Waals surface area contributed by atoms with Crippen LogP contribution in [0.15, 0.2) is 36.7 Å². The molecule has 0 bridgehead atoms. The molecule has 2 aliphatic rings. The predicted molar refractivity (Wildman–Crippen MR) is 92.7 cm³/mol. The predicted octanol–water partition coefficient (Wildman–Crippen LogP) is 1.64. The lowest BCUT2D eigenvalue weighted by Crippen LogP contribution is -2.68. The van der Waals surface area contributed by atoms with E-state index in [1.54, 1.807) is 6.07 Å². The third-order valence-electron chi connectivity index (χ3n) is 4.95. The first-order valence-electron chi connectivity index (χ1n) is 8.48. The molecule has 2 fully saturated rings. The number of nitrogens with zero attached hydrogens (tertiary/aromatic N) is 3. The minimum atomic E-state index is -1.17. The summed E-state index contributed by atoms with van der Waals surface area (Å²) >= 11 is 0. The molecule has 0 saturated carbocycles. The maximum absolute atomic E-state index is 14.8. The van der Waals surface area contributed by atoms with Gasteiger partial charge in [-0.05, 0) is 30.7 Å². The molecular weight excluding hydrogens is 353 g/mol. The molecule has 1 aromatic carbocycles. The fourth-order valence-corrected chi connectivity index (χ4v) is 3.56. The van der Waals surface area contributed by atoms with E-state index in [4.69, 9.17) is 14.9 Å². The third kappa shape index (κ3) is 2.89. The van der Waals surface area contributed by atoms with Crippen molar-refractivity contribution in [3.05, 3.63) is 48.0 Å². The molecule has 0 aliphatic carbocycles. The highest BCUT2D eigenvalue weighted by Gasteiger charge is 2.53. The van der Waals surface area contributed by atoms with Crippen LogP contribution in [-0.4, -0.2) is 47.0 Å². The number of nitrogens with one attached hydrogen (secondary N) is 2. The molecule has 8 nitrogen and oxygen atoms in total. The second-order valence-electron chi connectivity index (χ2n) is 6.51. The summed E-state index contributed by atoms with van der Waals surface area (Å²) in [4.78, 5) is 22.0. The highest BCUT2D eigenvalue weighted by molar-refractivity contribution is 6.00. The van der Waals surface area contributed by atoms with Gasteiger partial charge in [0.15, 0.2) is 5.96 Å². The number of amides is 1. The number of ether oxygens (including phenoxy) is 2. The van der Waals surface area contributed by atoms with Crippen molar-refractivity contribution in [2.75, 3.05) is 20.3 Å². The lowest BCUT2D eigenvalue weighted by molar-refractivity contribution is -0.143. The van der Waals surface area contributed by atoms with Crippen molar-refractivity contribution in [2.45, 2.75) is 12.0 Å². The van der Waals surface area contributed by atoms with Crippen LogP contribution in [0, 0.1) is 17.1 Å². The molecule has 0 radical (unpaired) electrons. The largest absolute Gasteiger partial charge is 0.424 e. The van der Waals surface area contributed by atoms with E-state index in [0.29, 0.717) is 18.8 Å². The zero-order chi connectivity index (χ0) is 19.0. The second kappa shape index (κ2) is 6.58. The van der Waals surface area contributed by atoms with Gasteiger partial charge in [0.1, 0.15) is 17.1 Å². The molecular formula is C18H18FN5O3. The molecule has 2 unspecified atom stereocenters. The molecule has 0 spiro atoms. The first-order valence-corrected chi connectivity index (χ1v) is 8.48. The van der Waals surface area contributed by atoms with Gasteiger partial charge in [-0.1, -0.05) is 0 Å². The minimum Gasteiger partial charge on any atom is -0.424 e. The zero-order valence-electron chi connectivity index (χ0n) is 14.6. The number of rotatable bonds is 3.